The largest absolute Gasteiger partial charge is 0.492 e. The second kappa shape index (κ2) is 3.41. The van der Waals surface area contributed by atoms with Gasteiger partial charge in [0.05, 0.1) is 6.61 Å². The normalized spacial score (nSPS) is 17.7. The Kier molecular flexibility index (Phi) is 2.46. The van der Waals surface area contributed by atoms with E-state index >= 15 is 0 Å². The zero-order valence-corrected chi connectivity index (χ0v) is 10.5. The van der Waals surface area contributed by atoms with Crippen LogP contribution >= 0.6 is 11.6 Å². The van der Waals surface area contributed by atoms with E-state index in [0.717, 1.165) is 17.4 Å². The summed E-state index contributed by atoms with van der Waals surface area (Å²) in [6, 6.07) is 4.16. The fraction of sp³-hybridized carbons (Fsp3) is 0.538. The number of ether oxygens (including phenoxy) is 1. The van der Waals surface area contributed by atoms with E-state index in [-0.39, 0.29) is 5.41 Å². The van der Waals surface area contributed by atoms with Crippen LogP contribution in [-0.2, 0) is 5.41 Å². The van der Waals surface area contributed by atoms with Gasteiger partial charge in [-0.25, -0.2) is 0 Å². The van der Waals surface area contributed by atoms with Gasteiger partial charge < -0.3 is 4.74 Å². The third kappa shape index (κ3) is 1.74. The Morgan fingerprint density at radius 3 is 2.60 bits per heavy atom. The first-order valence-electron chi connectivity index (χ1n) is 5.38. The Labute approximate surface area is 96.4 Å². The second-order valence-corrected chi connectivity index (χ2v) is 5.60. The lowest BCUT2D eigenvalue weighted by Gasteiger charge is -2.17. The lowest BCUT2D eigenvalue weighted by atomic mass is 9.85. The number of fused-ring (bicyclic) bond motifs is 1. The fourth-order valence-corrected chi connectivity index (χ4v) is 2.37. The van der Waals surface area contributed by atoms with Gasteiger partial charge in [-0.15, -0.1) is 0 Å². The second-order valence-electron chi connectivity index (χ2n) is 5.20. The van der Waals surface area contributed by atoms with Crippen LogP contribution in [0.3, 0.4) is 0 Å². The van der Waals surface area contributed by atoms with E-state index in [9.17, 15) is 0 Å². The van der Waals surface area contributed by atoms with Crippen molar-refractivity contribution in [2.45, 2.75) is 39.0 Å². The Morgan fingerprint density at radius 1 is 1.33 bits per heavy atom. The summed E-state index contributed by atoms with van der Waals surface area (Å²) < 4.78 is 5.64. The summed E-state index contributed by atoms with van der Waals surface area (Å²) in [5.74, 6) is 1.41. The van der Waals surface area contributed by atoms with Crippen LogP contribution in [0.4, 0.5) is 0 Å². The summed E-state index contributed by atoms with van der Waals surface area (Å²) in [4.78, 5) is 0. The van der Waals surface area contributed by atoms with Gasteiger partial charge in [-0.2, -0.15) is 0 Å². The molecule has 0 saturated heterocycles. The molecule has 0 aromatic heterocycles. The molecule has 0 unspecified atom stereocenters. The average molecular weight is 225 g/mol. The molecule has 0 N–H and O–H groups in total. The number of halogens is 1. The molecule has 1 heterocycles. The Bertz CT molecular complexity index is 394. The molecule has 1 aromatic rings. The molecule has 1 aliphatic heterocycles. The molecule has 2 heteroatoms. The van der Waals surface area contributed by atoms with Crippen molar-refractivity contribution < 1.29 is 4.74 Å². The van der Waals surface area contributed by atoms with Crippen LogP contribution in [0.25, 0.3) is 0 Å². The molecule has 0 spiro atoms. The predicted molar refractivity (Wildman–Crippen MR) is 64.1 cm³/mol. The van der Waals surface area contributed by atoms with Gasteiger partial charge in [0.2, 0.25) is 0 Å². The topological polar surface area (TPSA) is 9.23 Å². The molecule has 82 valence electrons. The Morgan fingerprint density at radius 2 is 2.00 bits per heavy atom. The molecule has 0 radical (unpaired) electrons. The number of benzene rings is 1. The first-order valence-corrected chi connectivity index (χ1v) is 5.76. The summed E-state index contributed by atoms with van der Waals surface area (Å²) in [7, 11) is 0. The SMILES string of the molecule is CC(C)c1cc2c(cc1Cl)OCC2(C)C. The standard InChI is InChI=1S/C13H17ClO/c1-8(2)9-5-10-12(6-11(9)14)15-7-13(10,3)4/h5-6,8H,7H2,1-4H3. The van der Waals surface area contributed by atoms with Crippen molar-refractivity contribution in [3.63, 3.8) is 0 Å². The fourth-order valence-electron chi connectivity index (χ4n) is 2.00. The predicted octanol–water partition coefficient (Wildman–Crippen LogP) is 4.13. The zero-order chi connectivity index (χ0) is 11.2. The third-order valence-corrected chi connectivity index (χ3v) is 3.37. The van der Waals surface area contributed by atoms with Crippen molar-refractivity contribution in [1.29, 1.82) is 0 Å². The molecule has 0 fully saturated rings. The Balaban J connectivity index is 2.57. The molecule has 2 rings (SSSR count). The van der Waals surface area contributed by atoms with Gasteiger partial charge in [-0.1, -0.05) is 39.3 Å². The van der Waals surface area contributed by atoms with Crippen molar-refractivity contribution >= 4 is 11.6 Å². The maximum Gasteiger partial charge on any atom is 0.124 e. The van der Waals surface area contributed by atoms with E-state index in [0.29, 0.717) is 5.92 Å². The summed E-state index contributed by atoms with van der Waals surface area (Å²) in [6.07, 6.45) is 0. The highest BCUT2D eigenvalue weighted by Gasteiger charge is 2.32. The zero-order valence-electron chi connectivity index (χ0n) is 9.73. The van der Waals surface area contributed by atoms with Crippen molar-refractivity contribution in [3.05, 3.63) is 28.3 Å². The van der Waals surface area contributed by atoms with Crippen LogP contribution in [-0.4, -0.2) is 6.61 Å². The number of hydrogen-bond donors (Lipinski definition) is 0. The van der Waals surface area contributed by atoms with Crippen molar-refractivity contribution in [2.24, 2.45) is 0 Å². The molecular weight excluding hydrogens is 208 g/mol. The van der Waals surface area contributed by atoms with E-state index < -0.39 is 0 Å². The molecule has 0 atom stereocenters. The molecular formula is C13H17ClO. The minimum absolute atomic E-state index is 0.115. The molecule has 1 aromatic carbocycles. The van der Waals surface area contributed by atoms with Crippen LogP contribution in [0.2, 0.25) is 5.02 Å². The van der Waals surface area contributed by atoms with E-state index in [1.165, 1.54) is 11.1 Å². The minimum Gasteiger partial charge on any atom is -0.492 e. The van der Waals surface area contributed by atoms with Crippen molar-refractivity contribution in [2.75, 3.05) is 6.61 Å². The molecule has 0 bridgehead atoms. The van der Waals surface area contributed by atoms with Gasteiger partial charge >= 0.3 is 0 Å². The van der Waals surface area contributed by atoms with Crippen LogP contribution in [0.5, 0.6) is 5.75 Å². The van der Waals surface area contributed by atoms with E-state index in [2.05, 4.69) is 33.8 Å². The van der Waals surface area contributed by atoms with Crippen molar-refractivity contribution in [3.8, 4) is 5.75 Å². The monoisotopic (exact) mass is 224 g/mol. The van der Waals surface area contributed by atoms with Gasteiger partial charge in [-0.05, 0) is 23.6 Å². The first kappa shape index (κ1) is 10.8. The highest BCUT2D eigenvalue weighted by atomic mass is 35.5. The maximum absolute atomic E-state index is 6.22. The quantitative estimate of drug-likeness (QED) is 0.697. The van der Waals surface area contributed by atoms with Crippen LogP contribution < -0.4 is 4.74 Å². The summed E-state index contributed by atoms with van der Waals surface area (Å²) in [5, 5.41) is 0.821. The van der Waals surface area contributed by atoms with E-state index in [1.54, 1.807) is 0 Å². The number of rotatable bonds is 1. The third-order valence-electron chi connectivity index (χ3n) is 3.04. The summed E-state index contributed by atoms with van der Waals surface area (Å²) in [6.45, 7) is 9.49. The summed E-state index contributed by atoms with van der Waals surface area (Å²) in [5.41, 5.74) is 2.62. The van der Waals surface area contributed by atoms with Gasteiger partial charge in [0.25, 0.3) is 0 Å². The average Bonchev–Trinajstić information content (AvgIpc) is 2.40. The number of hydrogen-bond acceptors (Lipinski definition) is 1. The minimum atomic E-state index is 0.115. The molecule has 1 aliphatic rings. The first-order chi connectivity index (χ1) is 6.92. The molecule has 0 aliphatic carbocycles. The van der Waals surface area contributed by atoms with Gasteiger partial charge in [0, 0.05) is 16.0 Å². The van der Waals surface area contributed by atoms with Gasteiger partial charge in [-0.3, -0.25) is 0 Å². The smallest absolute Gasteiger partial charge is 0.124 e. The molecule has 0 amide bonds. The maximum atomic E-state index is 6.22. The molecule has 0 saturated carbocycles. The molecule has 15 heavy (non-hydrogen) atoms. The lowest BCUT2D eigenvalue weighted by Crippen LogP contribution is -2.18. The summed E-state index contributed by atoms with van der Waals surface area (Å²) >= 11 is 6.22. The van der Waals surface area contributed by atoms with Gasteiger partial charge in [0.1, 0.15) is 5.75 Å². The van der Waals surface area contributed by atoms with Crippen LogP contribution in [0.15, 0.2) is 12.1 Å². The Hall–Kier alpha value is -0.690. The van der Waals surface area contributed by atoms with Crippen LogP contribution in [0.1, 0.15) is 44.7 Å². The van der Waals surface area contributed by atoms with Gasteiger partial charge in [0.15, 0.2) is 0 Å². The lowest BCUT2D eigenvalue weighted by molar-refractivity contribution is 0.291. The van der Waals surface area contributed by atoms with E-state index in [4.69, 9.17) is 16.3 Å². The van der Waals surface area contributed by atoms with E-state index in [1.807, 2.05) is 6.07 Å². The highest BCUT2D eigenvalue weighted by molar-refractivity contribution is 6.31. The van der Waals surface area contributed by atoms with Crippen molar-refractivity contribution in [1.82, 2.24) is 0 Å². The van der Waals surface area contributed by atoms with Crippen LogP contribution in [0, 0.1) is 0 Å². The molecule has 1 nitrogen and oxygen atoms in total. The highest BCUT2D eigenvalue weighted by Crippen LogP contribution is 2.42.